The maximum atomic E-state index is 11.4. The molecule has 1 saturated carbocycles. The van der Waals surface area contributed by atoms with E-state index >= 15 is 0 Å². The molecule has 0 bridgehead atoms. The second kappa shape index (κ2) is 7.39. The van der Waals surface area contributed by atoms with Crippen LogP contribution in [0.2, 0.25) is 0 Å². The fourth-order valence-electron chi connectivity index (χ4n) is 3.99. The molecular formula is C16H24O10. The number of fused-ring (bicyclic) bond motifs is 1. The lowest BCUT2D eigenvalue weighted by Gasteiger charge is -2.43. The first-order valence-corrected chi connectivity index (χ1v) is 8.49. The second-order valence-corrected chi connectivity index (χ2v) is 7.06. The van der Waals surface area contributed by atoms with Crippen molar-refractivity contribution in [3.05, 3.63) is 11.8 Å². The maximum absolute atomic E-state index is 11.4. The van der Waals surface area contributed by atoms with Gasteiger partial charge in [0.1, 0.15) is 24.4 Å². The molecule has 3 rings (SSSR count). The number of carbonyl (C=O) groups is 1. The van der Waals surface area contributed by atoms with Crippen LogP contribution in [-0.4, -0.2) is 86.3 Å². The summed E-state index contributed by atoms with van der Waals surface area (Å²) in [6.45, 7) is 1.15. The van der Waals surface area contributed by atoms with Gasteiger partial charge in [-0.2, -0.15) is 0 Å². The van der Waals surface area contributed by atoms with Crippen LogP contribution in [0.4, 0.5) is 0 Å². The fourth-order valence-corrected chi connectivity index (χ4v) is 3.99. The molecule has 10 nitrogen and oxygen atoms in total. The van der Waals surface area contributed by atoms with Gasteiger partial charge in [-0.15, -0.1) is 0 Å². The summed E-state index contributed by atoms with van der Waals surface area (Å²) in [5.41, 5.74) is 0.0343. The Morgan fingerprint density at radius 3 is 2.50 bits per heavy atom. The average Bonchev–Trinajstić information content (AvgIpc) is 2.90. The molecule has 2 aliphatic heterocycles. The Morgan fingerprint density at radius 1 is 1.19 bits per heavy atom. The largest absolute Gasteiger partial charge is 0.478 e. The minimum atomic E-state index is -1.60. The van der Waals surface area contributed by atoms with E-state index in [1.54, 1.807) is 6.92 Å². The van der Waals surface area contributed by atoms with Crippen molar-refractivity contribution < 1.29 is 49.6 Å². The van der Waals surface area contributed by atoms with Gasteiger partial charge in [-0.1, -0.05) is 6.92 Å². The molecule has 0 aromatic carbocycles. The molecule has 3 aliphatic rings. The molecule has 0 amide bonds. The van der Waals surface area contributed by atoms with Crippen LogP contribution in [0.15, 0.2) is 11.8 Å². The number of aliphatic hydroxyl groups excluding tert-OH is 5. The van der Waals surface area contributed by atoms with E-state index in [1.807, 2.05) is 0 Å². The maximum Gasteiger partial charge on any atom is 0.334 e. The van der Waals surface area contributed by atoms with Crippen molar-refractivity contribution in [2.45, 2.75) is 56.4 Å². The first kappa shape index (κ1) is 19.5. The van der Waals surface area contributed by atoms with Gasteiger partial charge in [-0.3, -0.25) is 0 Å². The summed E-state index contributed by atoms with van der Waals surface area (Å²) in [7, 11) is 0. The van der Waals surface area contributed by atoms with E-state index in [0.717, 1.165) is 6.26 Å². The van der Waals surface area contributed by atoms with Crippen LogP contribution in [0.5, 0.6) is 0 Å². The Balaban J connectivity index is 1.79. The quantitative estimate of drug-likeness (QED) is 0.316. The average molecular weight is 376 g/mol. The Kier molecular flexibility index (Phi) is 5.54. The van der Waals surface area contributed by atoms with Crippen molar-refractivity contribution in [3.63, 3.8) is 0 Å². The second-order valence-electron chi connectivity index (χ2n) is 7.06. The number of aliphatic carboxylic acids is 1. The summed E-state index contributed by atoms with van der Waals surface area (Å²) in [5, 5.41) is 58.5. The van der Waals surface area contributed by atoms with Gasteiger partial charge in [0.25, 0.3) is 0 Å². The lowest BCUT2D eigenvalue weighted by atomic mass is 9.83. The summed E-state index contributed by atoms with van der Waals surface area (Å²) in [6, 6.07) is 0. The highest BCUT2D eigenvalue weighted by atomic mass is 16.8. The SMILES string of the molecule is CC1C(O)CC2C(C(=O)O)=COC(O[C@@H]3O[C@H](CO)[C@@H](O)[C@H](O)[C@H]3O)C21. The van der Waals surface area contributed by atoms with Crippen LogP contribution in [0.25, 0.3) is 0 Å². The first-order valence-electron chi connectivity index (χ1n) is 8.49. The molecule has 0 aromatic heterocycles. The van der Waals surface area contributed by atoms with Crippen LogP contribution in [-0.2, 0) is 19.0 Å². The molecule has 0 spiro atoms. The van der Waals surface area contributed by atoms with E-state index in [9.17, 15) is 35.4 Å². The van der Waals surface area contributed by atoms with Gasteiger partial charge in [0.05, 0.1) is 24.5 Å². The molecule has 0 radical (unpaired) electrons. The van der Waals surface area contributed by atoms with Crippen LogP contribution >= 0.6 is 0 Å². The zero-order chi connectivity index (χ0) is 19.2. The number of aliphatic hydroxyl groups is 5. The van der Waals surface area contributed by atoms with Gasteiger partial charge in [-0.05, 0) is 12.3 Å². The number of carboxylic acid groups (broad SMARTS) is 1. The van der Waals surface area contributed by atoms with E-state index < -0.39 is 67.5 Å². The first-order chi connectivity index (χ1) is 12.3. The number of ether oxygens (including phenoxy) is 3. The molecular weight excluding hydrogens is 352 g/mol. The molecule has 2 heterocycles. The highest BCUT2D eigenvalue weighted by Crippen LogP contribution is 2.47. The highest BCUT2D eigenvalue weighted by molar-refractivity contribution is 5.87. The monoisotopic (exact) mass is 376 g/mol. The molecule has 1 aliphatic carbocycles. The zero-order valence-electron chi connectivity index (χ0n) is 14.1. The third-order valence-electron chi connectivity index (χ3n) is 5.58. The predicted octanol–water partition coefficient (Wildman–Crippen LogP) is -2.24. The zero-order valence-corrected chi connectivity index (χ0v) is 14.1. The molecule has 2 fully saturated rings. The summed E-state index contributed by atoms with van der Waals surface area (Å²) < 4.78 is 16.3. The number of rotatable bonds is 4. The van der Waals surface area contributed by atoms with Crippen LogP contribution in [0.1, 0.15) is 13.3 Å². The minimum Gasteiger partial charge on any atom is -0.478 e. The summed E-state index contributed by atoms with van der Waals surface area (Å²) in [4.78, 5) is 11.4. The Labute approximate surface area is 149 Å². The number of carboxylic acids is 1. The standard InChI is InChI=1S/C16H24O10/c1-5-8(18)2-6-7(14(22)23)4-24-15(10(5)6)26-16-13(21)12(20)11(19)9(3-17)25-16/h4-6,8-13,15-21H,2-3H2,1H3,(H,22,23)/t5?,6?,8?,9-,10?,11-,12+,13-,15?,16+/m1/s1. The van der Waals surface area contributed by atoms with E-state index in [2.05, 4.69) is 0 Å². The van der Waals surface area contributed by atoms with Gasteiger partial charge in [0, 0.05) is 11.8 Å². The van der Waals surface area contributed by atoms with Crippen LogP contribution in [0, 0.1) is 17.8 Å². The van der Waals surface area contributed by atoms with Crippen molar-refractivity contribution in [2.75, 3.05) is 6.61 Å². The Bertz CT molecular complexity index is 563. The normalized spacial score (nSPS) is 48.5. The summed E-state index contributed by atoms with van der Waals surface area (Å²) >= 11 is 0. The molecule has 148 valence electrons. The third kappa shape index (κ3) is 3.22. The van der Waals surface area contributed by atoms with E-state index in [4.69, 9.17) is 14.2 Å². The molecule has 6 N–H and O–H groups in total. The Hall–Kier alpha value is -1.27. The topological polar surface area (TPSA) is 166 Å². The molecule has 5 unspecified atom stereocenters. The molecule has 10 atom stereocenters. The van der Waals surface area contributed by atoms with Crippen molar-refractivity contribution in [1.29, 1.82) is 0 Å². The number of hydrogen-bond donors (Lipinski definition) is 6. The van der Waals surface area contributed by atoms with Gasteiger partial charge >= 0.3 is 5.97 Å². The van der Waals surface area contributed by atoms with Crippen molar-refractivity contribution in [1.82, 2.24) is 0 Å². The van der Waals surface area contributed by atoms with E-state index in [0.29, 0.717) is 0 Å². The molecule has 0 aromatic rings. The van der Waals surface area contributed by atoms with Crippen molar-refractivity contribution in [2.24, 2.45) is 17.8 Å². The summed E-state index contributed by atoms with van der Waals surface area (Å²) in [6.07, 6.45) is -7.71. The van der Waals surface area contributed by atoms with Gasteiger partial charge in [0.15, 0.2) is 6.29 Å². The van der Waals surface area contributed by atoms with E-state index in [-0.39, 0.29) is 17.9 Å². The van der Waals surface area contributed by atoms with Crippen LogP contribution in [0.3, 0.4) is 0 Å². The van der Waals surface area contributed by atoms with Crippen molar-refractivity contribution >= 4 is 5.97 Å². The number of hydrogen-bond acceptors (Lipinski definition) is 9. The molecule has 26 heavy (non-hydrogen) atoms. The Morgan fingerprint density at radius 2 is 1.88 bits per heavy atom. The van der Waals surface area contributed by atoms with Gasteiger partial charge < -0.3 is 44.8 Å². The van der Waals surface area contributed by atoms with Crippen molar-refractivity contribution in [3.8, 4) is 0 Å². The van der Waals surface area contributed by atoms with Gasteiger partial charge in [-0.25, -0.2) is 4.79 Å². The minimum absolute atomic E-state index is 0.0343. The third-order valence-corrected chi connectivity index (χ3v) is 5.58. The molecule has 10 heteroatoms. The van der Waals surface area contributed by atoms with Gasteiger partial charge in [0.2, 0.25) is 6.29 Å². The van der Waals surface area contributed by atoms with E-state index in [1.165, 1.54) is 0 Å². The smallest absolute Gasteiger partial charge is 0.334 e. The lowest BCUT2D eigenvalue weighted by Crippen LogP contribution is -2.60. The lowest BCUT2D eigenvalue weighted by molar-refractivity contribution is -0.342. The van der Waals surface area contributed by atoms with Crippen LogP contribution < -0.4 is 0 Å². The fraction of sp³-hybridized carbons (Fsp3) is 0.812. The highest BCUT2D eigenvalue weighted by Gasteiger charge is 2.53. The predicted molar refractivity (Wildman–Crippen MR) is 82.2 cm³/mol. The molecule has 1 saturated heterocycles. The summed E-state index contributed by atoms with van der Waals surface area (Å²) in [5.74, 6) is -2.49.